The molecule has 0 spiro atoms. The molecule has 0 bridgehead atoms. The van der Waals surface area contributed by atoms with E-state index in [4.69, 9.17) is 30.5 Å². The maximum atomic E-state index is 6.30. The number of likely N-dealkylation sites (N-methyl/N-ethyl adjacent to an activating group) is 1. The molecule has 0 amide bonds. The summed E-state index contributed by atoms with van der Waals surface area (Å²) in [7, 11) is 5.04. The number of rotatable bonds is 5. The number of hydrogen-bond donors (Lipinski definition) is 1. The van der Waals surface area contributed by atoms with Crippen LogP contribution in [0.15, 0.2) is 12.1 Å². The molecule has 2 rings (SSSR count). The van der Waals surface area contributed by atoms with Crippen LogP contribution < -0.4 is 14.8 Å². The van der Waals surface area contributed by atoms with E-state index < -0.39 is 0 Å². The van der Waals surface area contributed by atoms with E-state index in [9.17, 15) is 0 Å². The van der Waals surface area contributed by atoms with Gasteiger partial charge in [0, 0.05) is 5.56 Å². The van der Waals surface area contributed by atoms with Gasteiger partial charge in [-0.25, -0.2) is 0 Å². The molecule has 1 aromatic rings. The Kier molecular flexibility index (Phi) is 5.48. The minimum Gasteiger partial charge on any atom is -0.495 e. The maximum absolute atomic E-state index is 6.30. The number of halogens is 1. The molecule has 20 heavy (non-hydrogen) atoms. The van der Waals surface area contributed by atoms with Crippen LogP contribution in [-0.4, -0.2) is 47.2 Å². The van der Waals surface area contributed by atoms with Crippen molar-refractivity contribution in [3.05, 3.63) is 22.7 Å². The summed E-state index contributed by atoms with van der Waals surface area (Å²) in [6.07, 6.45) is -0.0767. The number of hydrogen-bond acceptors (Lipinski definition) is 5. The summed E-state index contributed by atoms with van der Waals surface area (Å²) in [6, 6.07) is 3.70. The lowest BCUT2D eigenvalue weighted by atomic mass is 10.00. The van der Waals surface area contributed by atoms with E-state index >= 15 is 0 Å². The first-order valence-electron chi connectivity index (χ1n) is 6.50. The summed E-state index contributed by atoms with van der Waals surface area (Å²) in [5.74, 6) is 1.18. The van der Waals surface area contributed by atoms with E-state index in [0.717, 1.165) is 5.56 Å². The van der Waals surface area contributed by atoms with E-state index in [2.05, 4.69) is 5.32 Å². The predicted octanol–water partition coefficient (Wildman–Crippen LogP) is 2.03. The Labute approximate surface area is 124 Å². The Balaban J connectivity index is 2.35. The van der Waals surface area contributed by atoms with Crippen LogP contribution in [-0.2, 0) is 9.47 Å². The Morgan fingerprint density at radius 3 is 2.65 bits per heavy atom. The van der Waals surface area contributed by atoms with Crippen molar-refractivity contribution in [3.63, 3.8) is 0 Å². The van der Waals surface area contributed by atoms with Gasteiger partial charge in [0.15, 0.2) is 0 Å². The van der Waals surface area contributed by atoms with Crippen molar-refractivity contribution in [2.75, 3.05) is 41.1 Å². The highest BCUT2D eigenvalue weighted by Crippen LogP contribution is 2.40. The van der Waals surface area contributed by atoms with Crippen molar-refractivity contribution >= 4 is 11.6 Å². The second kappa shape index (κ2) is 7.13. The summed E-state index contributed by atoms with van der Waals surface area (Å²) in [6.45, 7) is 1.76. The highest BCUT2D eigenvalue weighted by Gasteiger charge is 2.29. The molecule has 1 saturated heterocycles. The molecule has 6 heteroatoms. The summed E-state index contributed by atoms with van der Waals surface area (Å²) >= 11 is 6.30. The van der Waals surface area contributed by atoms with Crippen molar-refractivity contribution < 1.29 is 18.9 Å². The summed E-state index contributed by atoms with van der Waals surface area (Å²) in [4.78, 5) is 0. The average Bonchev–Trinajstić information content (AvgIpc) is 2.49. The molecule has 1 aliphatic heterocycles. The SMILES string of the molecule is CNC(c1ccc(OC)c(Cl)c1OC)C1COCCO1. The molecule has 0 aliphatic carbocycles. The van der Waals surface area contributed by atoms with Gasteiger partial charge in [0.2, 0.25) is 0 Å². The monoisotopic (exact) mass is 301 g/mol. The van der Waals surface area contributed by atoms with Crippen LogP contribution in [0.5, 0.6) is 11.5 Å². The highest BCUT2D eigenvalue weighted by atomic mass is 35.5. The molecule has 1 aliphatic rings. The fraction of sp³-hybridized carbons (Fsp3) is 0.571. The van der Waals surface area contributed by atoms with Crippen LogP contribution in [0.25, 0.3) is 0 Å². The van der Waals surface area contributed by atoms with Crippen molar-refractivity contribution in [3.8, 4) is 11.5 Å². The summed E-state index contributed by atoms with van der Waals surface area (Å²) in [5, 5.41) is 3.71. The van der Waals surface area contributed by atoms with Crippen LogP contribution in [0.3, 0.4) is 0 Å². The molecule has 2 atom stereocenters. The second-order valence-electron chi connectivity index (χ2n) is 4.45. The zero-order chi connectivity index (χ0) is 14.5. The third-order valence-electron chi connectivity index (χ3n) is 3.38. The van der Waals surface area contributed by atoms with E-state index in [0.29, 0.717) is 36.3 Å². The molecule has 1 N–H and O–H groups in total. The van der Waals surface area contributed by atoms with Gasteiger partial charge in [-0.05, 0) is 19.2 Å². The molecule has 0 saturated carbocycles. The zero-order valence-corrected chi connectivity index (χ0v) is 12.7. The maximum Gasteiger partial charge on any atom is 0.146 e. The van der Waals surface area contributed by atoms with Gasteiger partial charge < -0.3 is 24.3 Å². The second-order valence-corrected chi connectivity index (χ2v) is 4.83. The van der Waals surface area contributed by atoms with Gasteiger partial charge >= 0.3 is 0 Å². The van der Waals surface area contributed by atoms with Gasteiger partial charge in [-0.1, -0.05) is 11.6 Å². The van der Waals surface area contributed by atoms with Crippen LogP contribution >= 0.6 is 11.6 Å². The minimum atomic E-state index is -0.0767. The van der Waals surface area contributed by atoms with Gasteiger partial charge in [0.25, 0.3) is 0 Å². The Morgan fingerprint density at radius 1 is 1.30 bits per heavy atom. The number of nitrogens with one attached hydrogen (secondary N) is 1. The van der Waals surface area contributed by atoms with Gasteiger partial charge in [-0.15, -0.1) is 0 Å². The normalized spacial score (nSPS) is 20.5. The highest BCUT2D eigenvalue weighted by molar-refractivity contribution is 6.33. The van der Waals surface area contributed by atoms with Crippen LogP contribution in [0.1, 0.15) is 11.6 Å². The van der Waals surface area contributed by atoms with Crippen molar-refractivity contribution in [2.24, 2.45) is 0 Å². The van der Waals surface area contributed by atoms with E-state index in [1.54, 1.807) is 14.2 Å². The van der Waals surface area contributed by atoms with Crippen molar-refractivity contribution in [1.29, 1.82) is 0 Å². The van der Waals surface area contributed by atoms with Crippen LogP contribution in [0.2, 0.25) is 5.02 Å². The predicted molar refractivity (Wildman–Crippen MR) is 76.9 cm³/mol. The standard InChI is InChI=1S/C14H20ClNO4/c1-16-13(11-8-19-6-7-20-11)9-4-5-10(17-2)12(15)14(9)18-3/h4-5,11,13,16H,6-8H2,1-3H3. The first-order chi connectivity index (χ1) is 9.72. The largest absolute Gasteiger partial charge is 0.495 e. The lowest BCUT2D eigenvalue weighted by Gasteiger charge is -2.31. The Hall–Kier alpha value is -1.01. The summed E-state index contributed by atoms with van der Waals surface area (Å²) in [5.41, 5.74) is 0.927. The fourth-order valence-corrected chi connectivity index (χ4v) is 2.73. The smallest absolute Gasteiger partial charge is 0.146 e. The third kappa shape index (κ3) is 3.01. The fourth-order valence-electron chi connectivity index (χ4n) is 2.40. The quantitative estimate of drug-likeness (QED) is 0.902. The zero-order valence-electron chi connectivity index (χ0n) is 11.9. The molecule has 1 fully saturated rings. The Bertz CT molecular complexity index is 449. The minimum absolute atomic E-state index is 0.0614. The van der Waals surface area contributed by atoms with E-state index in [-0.39, 0.29) is 12.1 Å². The Morgan fingerprint density at radius 2 is 2.10 bits per heavy atom. The van der Waals surface area contributed by atoms with Crippen LogP contribution in [0, 0.1) is 0 Å². The molecular weight excluding hydrogens is 282 g/mol. The first-order valence-corrected chi connectivity index (χ1v) is 6.87. The number of benzene rings is 1. The molecule has 5 nitrogen and oxygen atoms in total. The first kappa shape index (κ1) is 15.4. The lowest BCUT2D eigenvalue weighted by molar-refractivity contribution is -0.101. The van der Waals surface area contributed by atoms with Crippen LogP contribution in [0.4, 0.5) is 0 Å². The molecule has 0 aromatic heterocycles. The number of ether oxygens (including phenoxy) is 4. The summed E-state index contributed by atoms with van der Waals surface area (Å²) < 4.78 is 21.9. The third-order valence-corrected chi connectivity index (χ3v) is 3.73. The van der Waals surface area contributed by atoms with E-state index in [1.807, 2.05) is 19.2 Å². The van der Waals surface area contributed by atoms with Gasteiger partial charge in [-0.3, -0.25) is 0 Å². The van der Waals surface area contributed by atoms with Crippen molar-refractivity contribution in [2.45, 2.75) is 12.1 Å². The molecule has 112 valence electrons. The van der Waals surface area contributed by atoms with Gasteiger partial charge in [0.05, 0.1) is 40.1 Å². The molecule has 1 aromatic carbocycles. The topological polar surface area (TPSA) is 49.0 Å². The molecule has 2 unspecified atom stereocenters. The molecule has 0 radical (unpaired) electrons. The average molecular weight is 302 g/mol. The van der Waals surface area contributed by atoms with Gasteiger partial charge in [-0.2, -0.15) is 0 Å². The molecule has 1 heterocycles. The molecular formula is C14H20ClNO4. The van der Waals surface area contributed by atoms with Gasteiger partial charge in [0.1, 0.15) is 22.6 Å². The lowest BCUT2D eigenvalue weighted by Crippen LogP contribution is -2.39. The van der Waals surface area contributed by atoms with E-state index in [1.165, 1.54) is 0 Å². The van der Waals surface area contributed by atoms with Crippen molar-refractivity contribution in [1.82, 2.24) is 5.32 Å². The number of methoxy groups -OCH3 is 2.